The number of hydrogen-bond donors (Lipinski definition) is 0. The molecule has 1 radical (unpaired) electrons. The van der Waals surface area contributed by atoms with Crippen LogP contribution < -0.4 is 0 Å². The van der Waals surface area contributed by atoms with Gasteiger partial charge in [0.1, 0.15) is 0 Å². The molecule has 8 aromatic rings. The Hall–Kier alpha value is -3.95. The molecule has 3 heterocycles. The molecule has 0 atom stereocenters. The third-order valence-electron chi connectivity index (χ3n) is 6.64. The number of thiophene rings is 1. The molecule has 0 aliphatic rings. The molecular weight excluding hydrogens is 661 g/mol. The molecule has 0 unspecified atom stereocenters. The third kappa shape index (κ3) is 4.27. The number of nitrogens with zero attached hydrogens (tertiary/aromatic N) is 2. The van der Waals surface area contributed by atoms with E-state index in [0.29, 0.717) is 0 Å². The molecule has 0 saturated heterocycles. The van der Waals surface area contributed by atoms with Gasteiger partial charge < -0.3 is 9.97 Å². The number of fused-ring (bicyclic) bond motifs is 3. The van der Waals surface area contributed by atoms with Gasteiger partial charge in [-0.25, -0.2) is 0 Å². The normalized spacial score (nSPS) is 10.9. The second-order valence-corrected chi connectivity index (χ2v) is 9.93. The molecule has 5 aromatic carbocycles. The predicted octanol–water partition coefficient (Wildman–Crippen LogP) is 9.21. The average molecular weight is 681 g/mol. The Kier molecular flexibility index (Phi) is 6.69. The first kappa shape index (κ1) is 24.4. The molecule has 0 aliphatic carbocycles. The maximum atomic E-state index is 4.61. The van der Waals surface area contributed by atoms with Crippen LogP contribution in [0.4, 0.5) is 0 Å². The van der Waals surface area contributed by atoms with E-state index < -0.39 is 0 Å². The monoisotopic (exact) mass is 681 g/mol. The van der Waals surface area contributed by atoms with Gasteiger partial charge in [0.15, 0.2) is 0 Å². The van der Waals surface area contributed by atoms with E-state index in [0.717, 1.165) is 22.2 Å². The van der Waals surface area contributed by atoms with Crippen LogP contribution in [0.1, 0.15) is 0 Å². The van der Waals surface area contributed by atoms with E-state index in [1.54, 1.807) is 6.20 Å². The fourth-order valence-corrected chi connectivity index (χ4v) is 6.11. The predicted molar refractivity (Wildman–Crippen MR) is 156 cm³/mol. The van der Waals surface area contributed by atoms with E-state index in [4.69, 9.17) is 0 Å². The van der Waals surface area contributed by atoms with Gasteiger partial charge in [0.25, 0.3) is 0 Å². The largest absolute Gasteiger partial charge is 0.305 e. The van der Waals surface area contributed by atoms with Gasteiger partial charge in [-0.1, -0.05) is 65.4 Å². The Bertz CT molecular complexity index is 1840. The number of rotatable bonds is 2. The summed E-state index contributed by atoms with van der Waals surface area (Å²) in [5.41, 5.74) is 5.46. The standard InChI is InChI=1S/C17H8NS.C17H12N.Ir/c1-2-5-12-10(4-1)11-6-3-7-13-15(11)16-14(19-13)8-9-18-17(12)16;1-2-7-14(8-3-1)15-9-6-10-16(13-15)17-11-4-5-12-18-17;/h1-4,6-9H;1-9,11-13H;/q2*-1;. The SMILES string of the molecule is [Ir].[c-]1ccc(-c2ccccc2)cc1-c1ccccn1.[c-]1cccc2c1c1nccc3sc4cccc2c4c31. The number of pyridine rings is 2. The third-order valence-corrected chi connectivity index (χ3v) is 7.76. The summed E-state index contributed by atoms with van der Waals surface area (Å²) in [6.45, 7) is 0. The molecule has 0 spiro atoms. The Morgan fingerprint density at radius 3 is 2.29 bits per heavy atom. The minimum Gasteiger partial charge on any atom is -0.305 e. The molecule has 0 bridgehead atoms. The van der Waals surface area contributed by atoms with Gasteiger partial charge in [-0.05, 0) is 45.7 Å². The van der Waals surface area contributed by atoms with Gasteiger partial charge in [-0.15, -0.1) is 76.4 Å². The summed E-state index contributed by atoms with van der Waals surface area (Å²) in [5, 5.41) is 6.35. The van der Waals surface area contributed by atoms with Gasteiger partial charge in [0.2, 0.25) is 0 Å². The van der Waals surface area contributed by atoms with Crippen LogP contribution in [-0.4, -0.2) is 9.97 Å². The van der Waals surface area contributed by atoms with Crippen LogP contribution in [0, 0.1) is 12.1 Å². The van der Waals surface area contributed by atoms with Crippen molar-refractivity contribution in [3.8, 4) is 22.4 Å². The second kappa shape index (κ2) is 10.4. The summed E-state index contributed by atoms with van der Waals surface area (Å²) in [6, 6.07) is 43.8. The molecular formula is C34H20IrN2S-2. The van der Waals surface area contributed by atoms with Gasteiger partial charge >= 0.3 is 0 Å². The summed E-state index contributed by atoms with van der Waals surface area (Å²) in [4.78, 5) is 8.96. The van der Waals surface area contributed by atoms with Crippen molar-refractivity contribution in [2.24, 2.45) is 0 Å². The zero-order valence-electron chi connectivity index (χ0n) is 20.2. The topological polar surface area (TPSA) is 25.8 Å². The van der Waals surface area contributed by atoms with Gasteiger partial charge in [-0.2, -0.15) is 0 Å². The summed E-state index contributed by atoms with van der Waals surface area (Å²) >= 11 is 1.85. The maximum Gasteiger partial charge on any atom is 0.0345 e. The molecule has 0 fully saturated rings. The fraction of sp³-hybridized carbons (Fsp3) is 0. The summed E-state index contributed by atoms with van der Waals surface area (Å²) in [6.07, 6.45) is 3.71. The zero-order chi connectivity index (χ0) is 24.6. The molecule has 0 N–H and O–H groups in total. The summed E-state index contributed by atoms with van der Waals surface area (Å²) in [5.74, 6) is 0. The van der Waals surface area contributed by atoms with Gasteiger partial charge in [0.05, 0.1) is 0 Å². The Balaban J connectivity index is 0.000000136. The van der Waals surface area contributed by atoms with E-state index >= 15 is 0 Å². The minimum absolute atomic E-state index is 0. The molecule has 38 heavy (non-hydrogen) atoms. The number of benzene rings is 5. The van der Waals surface area contributed by atoms with Crippen LogP contribution in [0.25, 0.3) is 64.2 Å². The number of aromatic nitrogens is 2. The van der Waals surface area contributed by atoms with E-state index in [2.05, 4.69) is 82.8 Å². The molecule has 3 aromatic heterocycles. The molecule has 2 nitrogen and oxygen atoms in total. The quantitative estimate of drug-likeness (QED) is 0.134. The zero-order valence-corrected chi connectivity index (χ0v) is 23.4. The van der Waals surface area contributed by atoms with Crippen molar-refractivity contribution in [2.75, 3.05) is 0 Å². The van der Waals surface area contributed by atoms with Crippen molar-refractivity contribution in [3.05, 3.63) is 134 Å². The second-order valence-electron chi connectivity index (χ2n) is 8.84. The van der Waals surface area contributed by atoms with Gasteiger partial charge in [-0.3, -0.25) is 0 Å². The summed E-state index contributed by atoms with van der Waals surface area (Å²) in [7, 11) is 0. The molecule has 0 aliphatic heterocycles. The van der Waals surface area contributed by atoms with Crippen LogP contribution in [0.5, 0.6) is 0 Å². The van der Waals surface area contributed by atoms with Crippen molar-refractivity contribution in [1.82, 2.24) is 9.97 Å². The fourth-order valence-electron chi connectivity index (χ4n) is 4.98. The number of hydrogen-bond acceptors (Lipinski definition) is 3. The Labute approximate surface area is 238 Å². The minimum atomic E-state index is 0. The molecule has 0 saturated carbocycles. The Morgan fingerprint density at radius 1 is 0.579 bits per heavy atom. The first-order valence-corrected chi connectivity index (χ1v) is 13.0. The Morgan fingerprint density at radius 2 is 1.42 bits per heavy atom. The smallest absolute Gasteiger partial charge is 0.0345 e. The van der Waals surface area contributed by atoms with Gasteiger partial charge in [0, 0.05) is 41.9 Å². The van der Waals surface area contributed by atoms with Crippen LogP contribution in [-0.2, 0) is 20.1 Å². The van der Waals surface area contributed by atoms with Crippen LogP contribution in [0.3, 0.4) is 0 Å². The molecule has 0 amide bonds. The van der Waals surface area contributed by atoms with Crippen LogP contribution >= 0.6 is 11.3 Å². The van der Waals surface area contributed by atoms with E-state index in [1.807, 2.05) is 66.1 Å². The van der Waals surface area contributed by atoms with Crippen molar-refractivity contribution in [2.45, 2.75) is 0 Å². The molecule has 4 heteroatoms. The van der Waals surface area contributed by atoms with Crippen molar-refractivity contribution < 1.29 is 20.1 Å². The van der Waals surface area contributed by atoms with Crippen molar-refractivity contribution in [1.29, 1.82) is 0 Å². The summed E-state index contributed by atoms with van der Waals surface area (Å²) < 4.78 is 2.66. The van der Waals surface area contributed by atoms with Crippen LogP contribution in [0.15, 0.2) is 122 Å². The first-order chi connectivity index (χ1) is 18.4. The average Bonchev–Trinajstić information content (AvgIpc) is 3.38. The van der Waals surface area contributed by atoms with Crippen molar-refractivity contribution >= 4 is 53.2 Å². The van der Waals surface area contributed by atoms with E-state index in [1.165, 1.54) is 42.1 Å². The van der Waals surface area contributed by atoms with E-state index in [-0.39, 0.29) is 20.1 Å². The first-order valence-electron chi connectivity index (χ1n) is 12.2. The van der Waals surface area contributed by atoms with Crippen LogP contribution in [0.2, 0.25) is 0 Å². The maximum absolute atomic E-state index is 4.61. The molecule has 8 rings (SSSR count). The molecule has 183 valence electrons. The van der Waals surface area contributed by atoms with E-state index in [9.17, 15) is 0 Å². The van der Waals surface area contributed by atoms with Crippen molar-refractivity contribution in [3.63, 3.8) is 0 Å².